The fourth-order valence-electron chi connectivity index (χ4n) is 1.22. The van der Waals surface area contributed by atoms with Gasteiger partial charge >= 0.3 is 0 Å². The van der Waals surface area contributed by atoms with Crippen LogP contribution in [-0.4, -0.2) is 18.4 Å². The first-order chi connectivity index (χ1) is 5.00. The summed E-state index contributed by atoms with van der Waals surface area (Å²) < 4.78 is 25.2. The monoisotopic (exact) mass is 163 g/mol. The first-order valence-corrected chi connectivity index (χ1v) is 3.64. The van der Waals surface area contributed by atoms with Crippen molar-refractivity contribution in [3.8, 4) is 0 Å². The van der Waals surface area contributed by atoms with Crippen LogP contribution >= 0.6 is 0 Å². The smallest absolute Gasteiger partial charge is 0.248 e. The summed E-state index contributed by atoms with van der Waals surface area (Å²) in [6.07, 6.45) is 0.346. The van der Waals surface area contributed by atoms with E-state index in [1.54, 1.807) is 0 Å². The molecule has 11 heavy (non-hydrogen) atoms. The molecule has 0 aromatic heterocycles. The van der Waals surface area contributed by atoms with Crippen LogP contribution in [0.15, 0.2) is 0 Å². The maximum absolute atomic E-state index is 12.6. The molecule has 1 atom stereocenters. The number of alkyl halides is 2. The molecule has 0 bridgehead atoms. The minimum atomic E-state index is -2.71. The molecule has 0 spiro atoms. The van der Waals surface area contributed by atoms with E-state index in [2.05, 4.69) is 5.32 Å². The number of hydrogen-bond donors (Lipinski definition) is 1. The van der Waals surface area contributed by atoms with Gasteiger partial charge in [-0.15, -0.1) is 0 Å². The highest BCUT2D eigenvalue weighted by atomic mass is 19.3. The van der Waals surface area contributed by atoms with E-state index in [0.717, 1.165) is 6.92 Å². The first-order valence-electron chi connectivity index (χ1n) is 3.64. The fourth-order valence-corrected chi connectivity index (χ4v) is 1.22. The molecule has 4 heteroatoms. The molecular weight excluding hydrogens is 152 g/mol. The quantitative estimate of drug-likeness (QED) is 0.617. The van der Waals surface area contributed by atoms with E-state index < -0.39 is 11.8 Å². The van der Waals surface area contributed by atoms with Crippen LogP contribution in [0.2, 0.25) is 0 Å². The number of amides is 1. The number of rotatable bonds is 1. The van der Waals surface area contributed by atoms with Gasteiger partial charge in [0.05, 0.1) is 0 Å². The van der Waals surface area contributed by atoms with Crippen molar-refractivity contribution in [2.75, 3.05) is 6.54 Å². The third kappa shape index (κ3) is 2.13. The SMILES string of the molecule is CC(F)(F)C1CCNC(=O)C1. The number of piperidine rings is 1. The van der Waals surface area contributed by atoms with Gasteiger partial charge < -0.3 is 5.32 Å². The van der Waals surface area contributed by atoms with E-state index in [1.165, 1.54) is 0 Å². The molecule has 64 valence electrons. The maximum atomic E-state index is 12.6. The van der Waals surface area contributed by atoms with Crippen molar-refractivity contribution in [3.63, 3.8) is 0 Å². The van der Waals surface area contributed by atoms with Crippen molar-refractivity contribution >= 4 is 5.91 Å². The second-order valence-electron chi connectivity index (χ2n) is 3.00. The van der Waals surface area contributed by atoms with Gasteiger partial charge in [0, 0.05) is 18.9 Å². The summed E-state index contributed by atoms with van der Waals surface area (Å²) in [4.78, 5) is 10.7. The second kappa shape index (κ2) is 2.75. The third-order valence-electron chi connectivity index (χ3n) is 1.96. The van der Waals surface area contributed by atoms with E-state index in [4.69, 9.17) is 0 Å². The average molecular weight is 163 g/mol. The number of carbonyl (C=O) groups excluding carboxylic acids is 1. The van der Waals surface area contributed by atoms with E-state index >= 15 is 0 Å². The summed E-state index contributed by atoms with van der Waals surface area (Å²) in [5.74, 6) is -3.74. The summed E-state index contributed by atoms with van der Waals surface area (Å²) in [7, 11) is 0. The molecule has 1 aliphatic heterocycles. The Morgan fingerprint density at radius 3 is 2.64 bits per heavy atom. The molecule has 0 aromatic rings. The topological polar surface area (TPSA) is 29.1 Å². The summed E-state index contributed by atoms with van der Waals surface area (Å²) in [5.41, 5.74) is 0. The highest BCUT2D eigenvalue weighted by Gasteiger charge is 2.37. The van der Waals surface area contributed by atoms with E-state index in [9.17, 15) is 13.6 Å². The molecule has 1 unspecified atom stereocenters. The Kier molecular flexibility index (Phi) is 2.11. The van der Waals surface area contributed by atoms with Crippen molar-refractivity contribution in [2.24, 2.45) is 5.92 Å². The van der Waals surface area contributed by atoms with Crippen LogP contribution in [0, 0.1) is 5.92 Å². The zero-order valence-corrected chi connectivity index (χ0v) is 6.36. The van der Waals surface area contributed by atoms with Gasteiger partial charge in [0.2, 0.25) is 11.8 Å². The molecule has 0 saturated carbocycles. The number of hydrogen-bond acceptors (Lipinski definition) is 1. The molecule has 0 aromatic carbocycles. The summed E-state index contributed by atoms with van der Waals surface area (Å²) >= 11 is 0. The molecule has 1 N–H and O–H groups in total. The minimum Gasteiger partial charge on any atom is -0.356 e. The molecule has 1 aliphatic rings. The Labute approximate surface area is 64.0 Å². The average Bonchev–Trinajstić information content (AvgIpc) is 1.86. The molecule has 1 heterocycles. The van der Waals surface area contributed by atoms with E-state index in [1.807, 2.05) is 0 Å². The maximum Gasteiger partial charge on any atom is 0.248 e. The van der Waals surface area contributed by atoms with Crippen LogP contribution in [0.3, 0.4) is 0 Å². The Morgan fingerprint density at radius 1 is 1.64 bits per heavy atom. The fraction of sp³-hybridized carbons (Fsp3) is 0.857. The zero-order chi connectivity index (χ0) is 8.48. The molecule has 1 saturated heterocycles. The van der Waals surface area contributed by atoms with Gasteiger partial charge in [-0.25, -0.2) is 8.78 Å². The van der Waals surface area contributed by atoms with Gasteiger partial charge in [0.15, 0.2) is 0 Å². The molecule has 2 nitrogen and oxygen atoms in total. The molecular formula is C7H11F2NO. The number of nitrogens with one attached hydrogen (secondary N) is 1. The van der Waals surface area contributed by atoms with Gasteiger partial charge in [-0.1, -0.05) is 0 Å². The van der Waals surface area contributed by atoms with Gasteiger partial charge in [0.25, 0.3) is 0 Å². The van der Waals surface area contributed by atoms with Crippen molar-refractivity contribution < 1.29 is 13.6 Å². The lowest BCUT2D eigenvalue weighted by molar-refractivity contribution is -0.129. The van der Waals surface area contributed by atoms with Crippen molar-refractivity contribution in [1.82, 2.24) is 5.32 Å². The lowest BCUT2D eigenvalue weighted by atomic mass is 9.92. The van der Waals surface area contributed by atoms with E-state index in [-0.39, 0.29) is 12.3 Å². The third-order valence-corrected chi connectivity index (χ3v) is 1.96. The highest BCUT2D eigenvalue weighted by molar-refractivity contribution is 5.76. The minimum absolute atomic E-state index is 0.0382. The Bertz CT molecular complexity index is 164. The predicted molar refractivity (Wildman–Crippen MR) is 36.4 cm³/mol. The van der Waals surface area contributed by atoms with Crippen LogP contribution in [0.5, 0.6) is 0 Å². The van der Waals surface area contributed by atoms with Crippen LogP contribution in [0.25, 0.3) is 0 Å². The Morgan fingerprint density at radius 2 is 2.27 bits per heavy atom. The number of halogens is 2. The lowest BCUT2D eigenvalue weighted by Gasteiger charge is -2.26. The van der Waals surface area contributed by atoms with Crippen LogP contribution in [-0.2, 0) is 4.79 Å². The molecule has 1 amide bonds. The summed E-state index contributed by atoms with van der Waals surface area (Å²) in [6.45, 7) is 1.25. The van der Waals surface area contributed by atoms with E-state index in [0.29, 0.717) is 13.0 Å². The standard InChI is InChI=1S/C7H11F2NO/c1-7(8,9)5-2-3-10-6(11)4-5/h5H,2-4H2,1H3,(H,10,11). The lowest BCUT2D eigenvalue weighted by Crippen LogP contribution is -2.39. The normalized spacial score (nSPS) is 26.5. The van der Waals surface area contributed by atoms with Crippen molar-refractivity contribution in [2.45, 2.75) is 25.7 Å². The highest BCUT2D eigenvalue weighted by Crippen LogP contribution is 2.30. The Hall–Kier alpha value is -0.670. The molecule has 1 rings (SSSR count). The zero-order valence-electron chi connectivity index (χ0n) is 6.36. The van der Waals surface area contributed by atoms with Gasteiger partial charge in [0.1, 0.15) is 0 Å². The second-order valence-corrected chi connectivity index (χ2v) is 3.00. The first kappa shape index (κ1) is 8.43. The van der Waals surface area contributed by atoms with Gasteiger partial charge in [-0.2, -0.15) is 0 Å². The van der Waals surface area contributed by atoms with Crippen LogP contribution < -0.4 is 5.32 Å². The largest absolute Gasteiger partial charge is 0.356 e. The summed E-state index contributed by atoms with van der Waals surface area (Å²) in [6, 6.07) is 0. The molecule has 1 fully saturated rings. The van der Waals surface area contributed by atoms with Crippen molar-refractivity contribution in [1.29, 1.82) is 0 Å². The molecule has 0 radical (unpaired) electrons. The molecule has 0 aliphatic carbocycles. The number of carbonyl (C=O) groups is 1. The van der Waals surface area contributed by atoms with Crippen LogP contribution in [0.1, 0.15) is 19.8 Å². The van der Waals surface area contributed by atoms with Crippen molar-refractivity contribution in [3.05, 3.63) is 0 Å². The summed E-state index contributed by atoms with van der Waals surface area (Å²) in [5, 5.41) is 2.51. The van der Waals surface area contributed by atoms with Gasteiger partial charge in [-0.3, -0.25) is 4.79 Å². The van der Waals surface area contributed by atoms with Crippen LogP contribution in [0.4, 0.5) is 8.78 Å². The predicted octanol–water partition coefficient (Wildman–Crippen LogP) is 1.17. The Balaban J connectivity index is 2.53. The van der Waals surface area contributed by atoms with Gasteiger partial charge in [-0.05, 0) is 13.3 Å².